The van der Waals surface area contributed by atoms with Crippen molar-refractivity contribution in [2.45, 2.75) is 32.6 Å². The van der Waals surface area contributed by atoms with Gasteiger partial charge in [0, 0.05) is 13.1 Å². The number of aliphatic imine (C=N–C) groups is 1. The maximum Gasteiger partial charge on any atom is 0.0620 e. The number of aliphatic hydroxyl groups is 1. The highest BCUT2D eigenvalue weighted by Gasteiger charge is 2.02. The van der Waals surface area contributed by atoms with E-state index < -0.39 is 0 Å². The van der Waals surface area contributed by atoms with Crippen molar-refractivity contribution in [1.29, 1.82) is 0 Å². The van der Waals surface area contributed by atoms with E-state index in [4.69, 9.17) is 5.11 Å². The SMILES string of the molecule is CCCCCCN(CCO)CCN=C=S. The lowest BCUT2D eigenvalue weighted by molar-refractivity contribution is 0.196. The van der Waals surface area contributed by atoms with Gasteiger partial charge in [-0.1, -0.05) is 26.2 Å². The molecule has 0 aromatic carbocycles. The Kier molecular flexibility index (Phi) is 11.6. The fraction of sp³-hybridized carbons (Fsp3) is 0.909. The zero-order valence-corrected chi connectivity index (χ0v) is 10.4. The molecular formula is C11H22N2OS. The van der Waals surface area contributed by atoms with Gasteiger partial charge in [-0.05, 0) is 25.2 Å². The Bertz CT molecular complexity index is 181. The van der Waals surface area contributed by atoms with E-state index in [0.29, 0.717) is 6.54 Å². The molecule has 0 aromatic heterocycles. The van der Waals surface area contributed by atoms with Crippen LogP contribution in [0.15, 0.2) is 4.99 Å². The third kappa shape index (κ3) is 10.0. The monoisotopic (exact) mass is 230 g/mol. The second-order valence-electron chi connectivity index (χ2n) is 3.60. The van der Waals surface area contributed by atoms with Gasteiger partial charge >= 0.3 is 0 Å². The van der Waals surface area contributed by atoms with Crippen molar-refractivity contribution >= 4 is 17.4 Å². The molecule has 0 rings (SSSR count). The number of unbranched alkanes of at least 4 members (excludes halogenated alkanes) is 3. The van der Waals surface area contributed by atoms with Crippen LogP contribution >= 0.6 is 12.2 Å². The number of hydrogen-bond donors (Lipinski definition) is 1. The van der Waals surface area contributed by atoms with E-state index in [-0.39, 0.29) is 6.61 Å². The molecule has 0 atom stereocenters. The van der Waals surface area contributed by atoms with Gasteiger partial charge in [-0.2, -0.15) is 0 Å². The van der Waals surface area contributed by atoms with Gasteiger partial charge in [0.05, 0.1) is 18.3 Å². The minimum Gasteiger partial charge on any atom is -0.395 e. The Labute approximate surface area is 98.2 Å². The van der Waals surface area contributed by atoms with E-state index >= 15 is 0 Å². The van der Waals surface area contributed by atoms with Crippen LogP contribution in [0.2, 0.25) is 0 Å². The van der Waals surface area contributed by atoms with Gasteiger partial charge in [-0.15, -0.1) is 0 Å². The fourth-order valence-electron chi connectivity index (χ4n) is 1.48. The molecule has 0 aliphatic carbocycles. The van der Waals surface area contributed by atoms with Gasteiger partial charge in [0.25, 0.3) is 0 Å². The van der Waals surface area contributed by atoms with Crippen molar-refractivity contribution in [2.24, 2.45) is 4.99 Å². The first-order chi connectivity index (χ1) is 7.35. The van der Waals surface area contributed by atoms with E-state index in [9.17, 15) is 0 Å². The second kappa shape index (κ2) is 11.8. The van der Waals surface area contributed by atoms with Crippen LogP contribution in [0.5, 0.6) is 0 Å². The number of aliphatic hydroxyl groups excluding tert-OH is 1. The van der Waals surface area contributed by atoms with Gasteiger partial charge in [0.1, 0.15) is 0 Å². The molecule has 15 heavy (non-hydrogen) atoms. The summed E-state index contributed by atoms with van der Waals surface area (Å²) >= 11 is 4.51. The molecule has 0 spiro atoms. The minimum absolute atomic E-state index is 0.217. The zero-order chi connectivity index (χ0) is 11.4. The second-order valence-corrected chi connectivity index (χ2v) is 3.78. The Morgan fingerprint density at radius 2 is 2.00 bits per heavy atom. The van der Waals surface area contributed by atoms with E-state index in [1.807, 2.05) is 0 Å². The highest BCUT2D eigenvalue weighted by molar-refractivity contribution is 7.78. The summed E-state index contributed by atoms with van der Waals surface area (Å²) in [5.74, 6) is 0. The first-order valence-corrected chi connectivity index (χ1v) is 6.12. The molecule has 0 saturated carbocycles. The van der Waals surface area contributed by atoms with E-state index in [2.05, 4.69) is 34.2 Å². The quantitative estimate of drug-likeness (QED) is 0.354. The number of rotatable bonds is 10. The van der Waals surface area contributed by atoms with Crippen LogP contribution in [-0.2, 0) is 0 Å². The van der Waals surface area contributed by atoms with Gasteiger partial charge in [-0.25, -0.2) is 4.99 Å². The predicted octanol–water partition coefficient (Wildman–Crippen LogP) is 1.96. The Morgan fingerprint density at radius 1 is 1.20 bits per heavy atom. The third-order valence-corrected chi connectivity index (χ3v) is 2.47. The lowest BCUT2D eigenvalue weighted by atomic mass is 10.2. The van der Waals surface area contributed by atoms with E-state index in [1.54, 1.807) is 0 Å². The summed E-state index contributed by atoms with van der Waals surface area (Å²) in [6, 6.07) is 0. The smallest absolute Gasteiger partial charge is 0.0620 e. The van der Waals surface area contributed by atoms with Crippen LogP contribution in [-0.4, -0.2) is 48.0 Å². The molecule has 0 amide bonds. The van der Waals surface area contributed by atoms with Gasteiger partial charge in [0.15, 0.2) is 0 Å². The first kappa shape index (κ1) is 14.7. The predicted molar refractivity (Wildman–Crippen MR) is 67.6 cm³/mol. The summed E-state index contributed by atoms with van der Waals surface area (Å²) in [5, 5.41) is 11.2. The molecule has 0 aliphatic heterocycles. The molecule has 0 heterocycles. The molecule has 88 valence electrons. The maximum absolute atomic E-state index is 8.89. The molecule has 0 radical (unpaired) electrons. The van der Waals surface area contributed by atoms with Gasteiger partial charge in [-0.3, -0.25) is 4.90 Å². The Balaban J connectivity index is 3.57. The Hall–Kier alpha value is -0.280. The van der Waals surface area contributed by atoms with Crippen LogP contribution < -0.4 is 0 Å². The number of isothiocyanates is 1. The summed E-state index contributed by atoms with van der Waals surface area (Å²) in [6.07, 6.45) is 5.03. The first-order valence-electron chi connectivity index (χ1n) is 5.72. The molecule has 0 bridgehead atoms. The molecule has 3 nitrogen and oxygen atoms in total. The molecule has 1 N–H and O–H groups in total. The van der Waals surface area contributed by atoms with Crippen molar-refractivity contribution < 1.29 is 5.11 Å². The summed E-state index contributed by atoms with van der Waals surface area (Å²) in [4.78, 5) is 6.11. The average Bonchev–Trinajstić information content (AvgIpc) is 2.24. The molecule has 0 aromatic rings. The standard InChI is InChI=1S/C11H22N2OS/c1-2-3-4-5-7-13(9-10-14)8-6-12-11-15/h14H,2-10H2,1H3. The lowest BCUT2D eigenvalue weighted by Crippen LogP contribution is -2.30. The van der Waals surface area contributed by atoms with Crippen molar-refractivity contribution in [3.63, 3.8) is 0 Å². The number of thiocarbonyl (C=S) groups is 1. The summed E-state index contributed by atoms with van der Waals surface area (Å²) in [6.45, 7) is 5.77. The summed E-state index contributed by atoms with van der Waals surface area (Å²) in [7, 11) is 0. The highest BCUT2D eigenvalue weighted by atomic mass is 32.1. The largest absolute Gasteiger partial charge is 0.395 e. The van der Waals surface area contributed by atoms with Crippen molar-refractivity contribution in [1.82, 2.24) is 4.90 Å². The van der Waals surface area contributed by atoms with Crippen LogP contribution in [0.4, 0.5) is 0 Å². The van der Waals surface area contributed by atoms with Gasteiger partial charge < -0.3 is 5.11 Å². The summed E-state index contributed by atoms with van der Waals surface area (Å²) in [5.41, 5.74) is 0. The Morgan fingerprint density at radius 3 is 2.60 bits per heavy atom. The van der Waals surface area contributed by atoms with Crippen molar-refractivity contribution in [3.8, 4) is 0 Å². The highest BCUT2D eigenvalue weighted by Crippen LogP contribution is 2.01. The van der Waals surface area contributed by atoms with Crippen LogP contribution in [0, 0.1) is 0 Å². The van der Waals surface area contributed by atoms with Crippen LogP contribution in [0.25, 0.3) is 0 Å². The topological polar surface area (TPSA) is 35.8 Å². The van der Waals surface area contributed by atoms with Crippen molar-refractivity contribution in [2.75, 3.05) is 32.8 Å². The number of hydrogen-bond acceptors (Lipinski definition) is 4. The van der Waals surface area contributed by atoms with Crippen LogP contribution in [0.3, 0.4) is 0 Å². The normalized spacial score (nSPS) is 10.3. The average molecular weight is 230 g/mol. The van der Waals surface area contributed by atoms with E-state index in [1.165, 1.54) is 25.7 Å². The molecule has 0 fully saturated rings. The minimum atomic E-state index is 0.217. The molecule has 4 heteroatoms. The maximum atomic E-state index is 8.89. The van der Waals surface area contributed by atoms with Crippen molar-refractivity contribution in [3.05, 3.63) is 0 Å². The van der Waals surface area contributed by atoms with Crippen LogP contribution in [0.1, 0.15) is 32.6 Å². The molecular weight excluding hydrogens is 208 g/mol. The molecule has 0 saturated heterocycles. The van der Waals surface area contributed by atoms with E-state index in [0.717, 1.165) is 19.6 Å². The zero-order valence-electron chi connectivity index (χ0n) is 9.61. The lowest BCUT2D eigenvalue weighted by Gasteiger charge is -2.19. The summed E-state index contributed by atoms with van der Waals surface area (Å²) < 4.78 is 0. The molecule has 0 aliphatic rings. The fourth-order valence-corrected chi connectivity index (χ4v) is 1.57. The number of nitrogens with zero attached hydrogens (tertiary/aromatic N) is 2. The molecule has 0 unspecified atom stereocenters. The third-order valence-electron chi connectivity index (χ3n) is 2.34. The van der Waals surface area contributed by atoms with Gasteiger partial charge in [0.2, 0.25) is 0 Å².